The maximum atomic E-state index is 11.3. The molecule has 0 aliphatic carbocycles. The summed E-state index contributed by atoms with van der Waals surface area (Å²) >= 11 is 0. The fraction of sp³-hybridized carbons (Fsp3) is 0.0556. The van der Waals surface area contributed by atoms with E-state index < -0.39 is 4.92 Å². The Balaban J connectivity index is 1.99. The lowest BCUT2D eigenvalue weighted by atomic mass is 10.1. The molecule has 3 rings (SSSR count). The minimum Gasteiger partial charge on any atom is -0.488 e. The Morgan fingerprint density at radius 1 is 0.957 bits per heavy atom. The SMILES string of the molecule is O=[N+]([O-])c1cccc(OCc2ccccc2)c1-c1ccccn1. The molecule has 0 bridgehead atoms. The zero-order chi connectivity index (χ0) is 16.1. The molecule has 0 fully saturated rings. The van der Waals surface area contributed by atoms with Crippen LogP contribution in [0.15, 0.2) is 72.9 Å². The summed E-state index contributed by atoms with van der Waals surface area (Å²) in [6, 6.07) is 19.7. The molecule has 0 saturated carbocycles. The van der Waals surface area contributed by atoms with Crippen LogP contribution in [0.5, 0.6) is 5.75 Å². The maximum Gasteiger partial charge on any atom is 0.282 e. The van der Waals surface area contributed by atoms with Gasteiger partial charge in [0.15, 0.2) is 0 Å². The van der Waals surface area contributed by atoms with E-state index in [2.05, 4.69) is 4.98 Å². The number of nitro groups is 1. The average molecular weight is 306 g/mol. The normalized spacial score (nSPS) is 10.3. The first kappa shape index (κ1) is 14.7. The van der Waals surface area contributed by atoms with E-state index in [1.165, 1.54) is 6.07 Å². The van der Waals surface area contributed by atoms with Crippen molar-refractivity contribution < 1.29 is 9.66 Å². The van der Waals surface area contributed by atoms with Crippen LogP contribution in [0.25, 0.3) is 11.3 Å². The van der Waals surface area contributed by atoms with Crippen LogP contribution in [0, 0.1) is 10.1 Å². The van der Waals surface area contributed by atoms with Crippen LogP contribution < -0.4 is 4.74 Å². The summed E-state index contributed by atoms with van der Waals surface area (Å²) in [6.07, 6.45) is 1.60. The van der Waals surface area contributed by atoms with Crippen molar-refractivity contribution in [2.45, 2.75) is 6.61 Å². The third-order valence-electron chi connectivity index (χ3n) is 3.36. The summed E-state index contributed by atoms with van der Waals surface area (Å²) in [7, 11) is 0. The lowest BCUT2D eigenvalue weighted by Crippen LogP contribution is -2.00. The maximum absolute atomic E-state index is 11.3. The van der Waals surface area contributed by atoms with Crippen LogP contribution in [-0.2, 0) is 6.61 Å². The van der Waals surface area contributed by atoms with Crippen molar-refractivity contribution in [3.05, 3.63) is 88.6 Å². The Morgan fingerprint density at radius 2 is 1.74 bits per heavy atom. The first-order valence-corrected chi connectivity index (χ1v) is 7.11. The Labute approximate surface area is 133 Å². The number of aromatic nitrogens is 1. The van der Waals surface area contributed by atoms with Gasteiger partial charge in [-0.1, -0.05) is 42.5 Å². The monoisotopic (exact) mass is 306 g/mol. The molecule has 5 nitrogen and oxygen atoms in total. The molecule has 0 saturated heterocycles. The van der Waals surface area contributed by atoms with E-state index in [-0.39, 0.29) is 5.69 Å². The molecule has 0 amide bonds. The van der Waals surface area contributed by atoms with Crippen LogP contribution >= 0.6 is 0 Å². The average Bonchev–Trinajstić information content (AvgIpc) is 2.61. The van der Waals surface area contributed by atoms with E-state index in [1.54, 1.807) is 36.5 Å². The van der Waals surface area contributed by atoms with Gasteiger partial charge in [-0.15, -0.1) is 0 Å². The van der Waals surface area contributed by atoms with Crippen LogP contribution in [0.2, 0.25) is 0 Å². The van der Waals surface area contributed by atoms with Crippen molar-refractivity contribution in [1.82, 2.24) is 4.98 Å². The quantitative estimate of drug-likeness (QED) is 0.522. The highest BCUT2D eigenvalue weighted by Gasteiger charge is 2.21. The second-order valence-electron chi connectivity index (χ2n) is 4.90. The predicted molar refractivity (Wildman–Crippen MR) is 87.1 cm³/mol. The van der Waals surface area contributed by atoms with Gasteiger partial charge in [-0.05, 0) is 23.8 Å². The second-order valence-corrected chi connectivity index (χ2v) is 4.90. The molecule has 0 unspecified atom stereocenters. The van der Waals surface area contributed by atoms with Gasteiger partial charge in [0, 0.05) is 12.3 Å². The molecule has 0 atom stereocenters. The van der Waals surface area contributed by atoms with Crippen LogP contribution in [0.3, 0.4) is 0 Å². The molecule has 0 N–H and O–H groups in total. The smallest absolute Gasteiger partial charge is 0.282 e. The summed E-state index contributed by atoms with van der Waals surface area (Å²) in [5.41, 5.74) is 1.89. The van der Waals surface area contributed by atoms with Gasteiger partial charge >= 0.3 is 0 Å². The van der Waals surface area contributed by atoms with Crippen LogP contribution in [0.1, 0.15) is 5.56 Å². The molecule has 0 radical (unpaired) electrons. The first-order valence-electron chi connectivity index (χ1n) is 7.11. The highest BCUT2D eigenvalue weighted by molar-refractivity contribution is 5.77. The lowest BCUT2D eigenvalue weighted by molar-refractivity contribution is -0.384. The lowest BCUT2D eigenvalue weighted by Gasteiger charge is -2.11. The number of hydrogen-bond donors (Lipinski definition) is 0. The molecule has 1 aromatic heterocycles. The summed E-state index contributed by atoms with van der Waals surface area (Å²) < 4.78 is 5.82. The molecule has 23 heavy (non-hydrogen) atoms. The van der Waals surface area contributed by atoms with Crippen molar-refractivity contribution in [3.8, 4) is 17.0 Å². The van der Waals surface area contributed by atoms with Gasteiger partial charge < -0.3 is 4.74 Å². The van der Waals surface area contributed by atoms with E-state index in [1.807, 2.05) is 30.3 Å². The number of ether oxygens (including phenoxy) is 1. The summed E-state index contributed by atoms with van der Waals surface area (Å²) in [4.78, 5) is 15.1. The highest BCUT2D eigenvalue weighted by atomic mass is 16.6. The van der Waals surface area contributed by atoms with E-state index >= 15 is 0 Å². The molecule has 0 spiro atoms. The van der Waals surface area contributed by atoms with E-state index in [4.69, 9.17) is 4.74 Å². The van der Waals surface area contributed by atoms with Gasteiger partial charge in [0.25, 0.3) is 5.69 Å². The molecule has 1 heterocycles. The van der Waals surface area contributed by atoms with Crippen molar-refractivity contribution in [1.29, 1.82) is 0 Å². The Bertz CT molecular complexity index is 805. The summed E-state index contributed by atoms with van der Waals surface area (Å²) in [5, 5.41) is 11.3. The highest BCUT2D eigenvalue weighted by Crippen LogP contribution is 2.37. The third-order valence-corrected chi connectivity index (χ3v) is 3.36. The molecule has 3 aromatic rings. The topological polar surface area (TPSA) is 65.3 Å². The van der Waals surface area contributed by atoms with Gasteiger partial charge in [0.05, 0.1) is 10.6 Å². The summed E-state index contributed by atoms with van der Waals surface area (Å²) in [6.45, 7) is 0.335. The standard InChI is InChI=1S/C18H14N2O3/c21-20(22)16-10-6-11-17(18(16)15-9-4-5-12-19-15)23-13-14-7-2-1-3-8-14/h1-12H,13H2. The van der Waals surface area contributed by atoms with Gasteiger partial charge in [0.1, 0.15) is 17.9 Å². The number of nitro benzene ring substituents is 1. The van der Waals surface area contributed by atoms with Crippen molar-refractivity contribution in [2.24, 2.45) is 0 Å². The van der Waals surface area contributed by atoms with E-state index in [9.17, 15) is 10.1 Å². The van der Waals surface area contributed by atoms with Gasteiger partial charge in [0.2, 0.25) is 0 Å². The predicted octanol–water partition coefficient (Wildman–Crippen LogP) is 4.24. The number of nitrogens with zero attached hydrogens (tertiary/aromatic N) is 2. The Morgan fingerprint density at radius 3 is 2.43 bits per heavy atom. The van der Waals surface area contributed by atoms with E-state index in [0.717, 1.165) is 5.56 Å². The van der Waals surface area contributed by atoms with Gasteiger partial charge in [-0.3, -0.25) is 15.1 Å². The van der Waals surface area contributed by atoms with Gasteiger partial charge in [-0.25, -0.2) is 0 Å². The number of pyridine rings is 1. The Kier molecular flexibility index (Phi) is 4.29. The zero-order valence-electron chi connectivity index (χ0n) is 12.3. The molecular weight excluding hydrogens is 292 g/mol. The zero-order valence-corrected chi connectivity index (χ0v) is 12.3. The summed E-state index contributed by atoms with van der Waals surface area (Å²) in [5.74, 6) is 0.446. The Hall–Kier alpha value is -3.21. The van der Waals surface area contributed by atoms with Crippen molar-refractivity contribution in [3.63, 3.8) is 0 Å². The second kappa shape index (κ2) is 6.70. The third kappa shape index (κ3) is 3.35. The molecule has 2 aromatic carbocycles. The van der Waals surface area contributed by atoms with E-state index in [0.29, 0.717) is 23.6 Å². The first-order chi connectivity index (χ1) is 11.3. The van der Waals surface area contributed by atoms with Crippen LogP contribution in [-0.4, -0.2) is 9.91 Å². The minimum absolute atomic E-state index is 0.0192. The molecule has 0 aliphatic rings. The largest absolute Gasteiger partial charge is 0.488 e. The molecule has 0 aliphatic heterocycles. The van der Waals surface area contributed by atoms with Crippen molar-refractivity contribution in [2.75, 3.05) is 0 Å². The number of benzene rings is 2. The number of hydrogen-bond acceptors (Lipinski definition) is 4. The number of rotatable bonds is 5. The van der Waals surface area contributed by atoms with Crippen molar-refractivity contribution >= 4 is 5.69 Å². The van der Waals surface area contributed by atoms with Gasteiger partial charge in [-0.2, -0.15) is 0 Å². The molecular formula is C18H14N2O3. The fourth-order valence-corrected chi connectivity index (χ4v) is 2.30. The molecule has 114 valence electrons. The molecule has 5 heteroatoms. The van der Waals surface area contributed by atoms with Crippen LogP contribution in [0.4, 0.5) is 5.69 Å². The fourth-order valence-electron chi connectivity index (χ4n) is 2.30. The minimum atomic E-state index is -0.417.